The molecular weight excluding hydrogens is 268 g/mol. The first kappa shape index (κ1) is 13.7. The smallest absolute Gasteiger partial charge is 0.142 e. The number of rotatable bonds is 5. The number of nitrogens with zero attached hydrogens (tertiary/aromatic N) is 4. The molecule has 0 bridgehead atoms. The minimum absolute atomic E-state index is 0.610. The average molecular weight is 288 g/mol. The van der Waals surface area contributed by atoms with Crippen molar-refractivity contribution >= 4 is 11.3 Å². The van der Waals surface area contributed by atoms with Crippen molar-refractivity contribution in [1.29, 1.82) is 0 Å². The van der Waals surface area contributed by atoms with Gasteiger partial charge in [-0.15, -0.1) is 11.3 Å². The molecule has 4 nitrogen and oxygen atoms in total. The van der Waals surface area contributed by atoms with E-state index in [9.17, 15) is 0 Å². The van der Waals surface area contributed by atoms with E-state index in [4.69, 9.17) is 0 Å². The largest absolute Gasteiger partial charge is 0.297 e. The molecule has 0 N–H and O–H groups in total. The van der Waals surface area contributed by atoms with Crippen LogP contribution < -0.4 is 0 Å². The lowest BCUT2D eigenvalue weighted by molar-refractivity contribution is 0.219. The molecule has 0 unspecified atom stereocenters. The highest BCUT2D eigenvalue weighted by Crippen LogP contribution is 2.20. The number of aromatic nitrogens is 2. The molecule has 0 saturated carbocycles. The SMILES string of the molecule is CN(Cc1ncccn1)[C@H]1CCN(Cc2cccs2)C1. The Morgan fingerprint density at radius 3 is 2.95 bits per heavy atom. The van der Waals surface area contributed by atoms with Gasteiger partial charge < -0.3 is 0 Å². The second-order valence-corrected chi connectivity index (χ2v) is 6.37. The van der Waals surface area contributed by atoms with Crippen LogP contribution in [0, 0.1) is 0 Å². The summed E-state index contributed by atoms with van der Waals surface area (Å²) < 4.78 is 0. The predicted molar refractivity (Wildman–Crippen MR) is 81.5 cm³/mol. The molecule has 5 heteroatoms. The molecule has 3 heterocycles. The molecule has 1 aliphatic rings. The Bertz CT molecular complexity index is 514. The van der Waals surface area contributed by atoms with Crippen LogP contribution in [0.4, 0.5) is 0 Å². The molecule has 1 aliphatic heterocycles. The lowest BCUT2D eigenvalue weighted by Gasteiger charge is -2.23. The van der Waals surface area contributed by atoms with E-state index in [2.05, 4.69) is 44.3 Å². The zero-order chi connectivity index (χ0) is 13.8. The minimum Gasteiger partial charge on any atom is -0.297 e. The van der Waals surface area contributed by atoms with Gasteiger partial charge in [-0.3, -0.25) is 9.80 Å². The molecule has 0 aliphatic carbocycles. The zero-order valence-electron chi connectivity index (χ0n) is 11.8. The summed E-state index contributed by atoms with van der Waals surface area (Å²) in [4.78, 5) is 15.0. The van der Waals surface area contributed by atoms with E-state index in [0.717, 1.165) is 25.5 Å². The van der Waals surface area contributed by atoms with Gasteiger partial charge in [-0.25, -0.2) is 9.97 Å². The van der Waals surface area contributed by atoms with Crippen molar-refractivity contribution in [2.24, 2.45) is 0 Å². The first-order valence-corrected chi connectivity index (χ1v) is 7.90. The van der Waals surface area contributed by atoms with Crippen molar-refractivity contribution in [2.45, 2.75) is 25.6 Å². The highest BCUT2D eigenvalue weighted by atomic mass is 32.1. The number of hydrogen-bond acceptors (Lipinski definition) is 5. The molecule has 0 amide bonds. The van der Waals surface area contributed by atoms with Crippen LogP contribution >= 0.6 is 11.3 Å². The lowest BCUT2D eigenvalue weighted by atomic mass is 10.2. The molecular formula is C15H20N4S. The van der Waals surface area contributed by atoms with Gasteiger partial charge in [0.05, 0.1) is 6.54 Å². The third-order valence-corrected chi connectivity index (χ3v) is 4.70. The second-order valence-electron chi connectivity index (χ2n) is 5.34. The number of hydrogen-bond donors (Lipinski definition) is 0. The van der Waals surface area contributed by atoms with Crippen LogP contribution in [-0.4, -0.2) is 45.9 Å². The van der Waals surface area contributed by atoms with Gasteiger partial charge in [0.15, 0.2) is 0 Å². The molecule has 1 atom stereocenters. The predicted octanol–water partition coefficient (Wildman–Crippen LogP) is 2.24. The summed E-state index contributed by atoms with van der Waals surface area (Å²) in [6.07, 6.45) is 4.86. The first-order valence-electron chi connectivity index (χ1n) is 7.02. The third-order valence-electron chi connectivity index (χ3n) is 3.84. The van der Waals surface area contributed by atoms with Crippen molar-refractivity contribution in [3.05, 3.63) is 46.7 Å². The van der Waals surface area contributed by atoms with Crippen molar-refractivity contribution in [3.63, 3.8) is 0 Å². The summed E-state index contributed by atoms with van der Waals surface area (Å²) >= 11 is 1.85. The van der Waals surface area contributed by atoms with E-state index < -0.39 is 0 Å². The summed E-state index contributed by atoms with van der Waals surface area (Å²) in [7, 11) is 2.18. The Morgan fingerprint density at radius 1 is 1.35 bits per heavy atom. The molecule has 0 spiro atoms. The summed E-state index contributed by atoms with van der Waals surface area (Å²) in [6.45, 7) is 4.24. The second kappa shape index (κ2) is 6.43. The summed E-state index contributed by atoms with van der Waals surface area (Å²) in [5.74, 6) is 0.909. The van der Waals surface area contributed by atoms with E-state index in [1.54, 1.807) is 0 Å². The molecule has 20 heavy (non-hydrogen) atoms. The number of likely N-dealkylation sites (N-methyl/N-ethyl adjacent to an activating group) is 1. The molecule has 3 rings (SSSR count). The van der Waals surface area contributed by atoms with E-state index in [1.807, 2.05) is 29.8 Å². The van der Waals surface area contributed by atoms with Gasteiger partial charge >= 0.3 is 0 Å². The average Bonchev–Trinajstić information content (AvgIpc) is 3.12. The molecule has 106 valence electrons. The highest BCUT2D eigenvalue weighted by molar-refractivity contribution is 7.09. The standard InChI is InChI=1S/C15H20N4S/c1-18(12-15-16-6-3-7-17-15)13-5-8-19(10-13)11-14-4-2-9-20-14/h2-4,6-7,9,13H,5,8,10-12H2,1H3/t13-/m0/s1. The molecule has 1 saturated heterocycles. The molecule has 0 radical (unpaired) electrons. The fourth-order valence-electron chi connectivity index (χ4n) is 2.70. The summed E-state index contributed by atoms with van der Waals surface area (Å²) in [6, 6.07) is 6.83. The number of thiophene rings is 1. The Balaban J connectivity index is 1.51. The van der Waals surface area contributed by atoms with Crippen molar-refractivity contribution in [2.75, 3.05) is 20.1 Å². The summed E-state index contributed by atoms with van der Waals surface area (Å²) in [5.41, 5.74) is 0. The van der Waals surface area contributed by atoms with Crippen LogP contribution in [-0.2, 0) is 13.1 Å². The number of likely N-dealkylation sites (tertiary alicyclic amines) is 1. The van der Waals surface area contributed by atoms with E-state index in [0.29, 0.717) is 6.04 Å². The van der Waals surface area contributed by atoms with Gasteiger partial charge in [-0.2, -0.15) is 0 Å². The Kier molecular flexibility index (Phi) is 4.40. The Hall–Kier alpha value is -1.30. The first-order chi connectivity index (χ1) is 9.81. The van der Waals surface area contributed by atoms with Crippen molar-refractivity contribution in [1.82, 2.24) is 19.8 Å². The van der Waals surface area contributed by atoms with Crippen LogP contribution in [0.25, 0.3) is 0 Å². The monoisotopic (exact) mass is 288 g/mol. The molecule has 0 aromatic carbocycles. The van der Waals surface area contributed by atoms with Gasteiger partial charge in [0.2, 0.25) is 0 Å². The van der Waals surface area contributed by atoms with Gasteiger partial charge in [0.1, 0.15) is 5.82 Å². The highest BCUT2D eigenvalue weighted by Gasteiger charge is 2.26. The fourth-order valence-corrected chi connectivity index (χ4v) is 3.45. The van der Waals surface area contributed by atoms with Crippen LogP contribution in [0.2, 0.25) is 0 Å². The minimum atomic E-state index is 0.610. The van der Waals surface area contributed by atoms with E-state index in [1.165, 1.54) is 17.8 Å². The maximum atomic E-state index is 4.31. The van der Waals surface area contributed by atoms with Gasteiger partial charge in [-0.05, 0) is 31.0 Å². The van der Waals surface area contributed by atoms with Gasteiger partial charge in [0.25, 0.3) is 0 Å². The Morgan fingerprint density at radius 2 is 2.20 bits per heavy atom. The van der Waals surface area contributed by atoms with Crippen LogP contribution in [0.3, 0.4) is 0 Å². The quantitative estimate of drug-likeness (QED) is 0.844. The maximum Gasteiger partial charge on any atom is 0.142 e. The van der Waals surface area contributed by atoms with E-state index >= 15 is 0 Å². The fraction of sp³-hybridized carbons (Fsp3) is 0.467. The van der Waals surface area contributed by atoms with Crippen molar-refractivity contribution < 1.29 is 0 Å². The van der Waals surface area contributed by atoms with Crippen LogP contribution in [0.15, 0.2) is 36.0 Å². The maximum absolute atomic E-state index is 4.31. The van der Waals surface area contributed by atoms with Crippen LogP contribution in [0.1, 0.15) is 17.1 Å². The molecule has 2 aromatic heterocycles. The lowest BCUT2D eigenvalue weighted by Crippen LogP contribution is -2.34. The molecule has 2 aromatic rings. The molecule has 1 fully saturated rings. The topological polar surface area (TPSA) is 32.3 Å². The Labute approximate surface area is 124 Å². The normalized spacial score (nSPS) is 19.8. The van der Waals surface area contributed by atoms with E-state index in [-0.39, 0.29) is 0 Å². The van der Waals surface area contributed by atoms with Crippen molar-refractivity contribution in [3.8, 4) is 0 Å². The zero-order valence-corrected chi connectivity index (χ0v) is 12.6. The van der Waals surface area contributed by atoms with Gasteiger partial charge in [-0.1, -0.05) is 6.07 Å². The van der Waals surface area contributed by atoms with Crippen LogP contribution in [0.5, 0.6) is 0 Å². The third kappa shape index (κ3) is 3.42. The van der Waals surface area contributed by atoms with Gasteiger partial charge in [0, 0.05) is 42.9 Å². The summed E-state index contributed by atoms with van der Waals surface area (Å²) in [5, 5.41) is 2.15.